The summed E-state index contributed by atoms with van der Waals surface area (Å²) in [5.74, 6) is -1.61. The number of allylic oxidation sites excluding steroid dienone is 1. The van der Waals surface area contributed by atoms with E-state index in [4.69, 9.17) is 19.5 Å². The van der Waals surface area contributed by atoms with Crippen molar-refractivity contribution in [3.05, 3.63) is 83.1 Å². The number of hydrogen-bond acceptors (Lipinski definition) is 8. The topological polar surface area (TPSA) is 118 Å². The van der Waals surface area contributed by atoms with E-state index in [-0.39, 0.29) is 62.4 Å². The lowest BCUT2D eigenvalue weighted by atomic mass is 9.73. The minimum absolute atomic E-state index is 0.00345. The molecule has 342 valence electrons. The number of fused-ring (bicyclic) bond motifs is 4. The first-order valence-corrected chi connectivity index (χ1v) is 23.5. The van der Waals surface area contributed by atoms with Gasteiger partial charge in [-0.1, -0.05) is 70.2 Å². The van der Waals surface area contributed by atoms with Gasteiger partial charge in [0, 0.05) is 43.3 Å². The Balaban J connectivity index is 0.905. The van der Waals surface area contributed by atoms with Crippen LogP contribution in [0.25, 0.3) is 27.8 Å². The Hall–Kier alpha value is -5.52. The molecule has 12 heteroatoms. The molecule has 6 aliphatic rings. The summed E-state index contributed by atoms with van der Waals surface area (Å²) in [6.07, 6.45) is 4.33. The highest BCUT2D eigenvalue weighted by Crippen LogP contribution is 2.56. The fourth-order valence-electron chi connectivity index (χ4n) is 11.4. The number of nitrogens with zero attached hydrogens (tertiary/aromatic N) is 4. The van der Waals surface area contributed by atoms with Gasteiger partial charge in [0.1, 0.15) is 12.3 Å². The number of likely N-dealkylation sites (tertiary alicyclic amines) is 2. The van der Waals surface area contributed by atoms with E-state index < -0.39 is 48.2 Å². The predicted octanol–water partition coefficient (Wildman–Crippen LogP) is 9.43. The summed E-state index contributed by atoms with van der Waals surface area (Å²) in [4.78, 5) is 64.9. The number of benzene rings is 3. The van der Waals surface area contributed by atoms with Crippen LogP contribution in [0.15, 0.2) is 70.8 Å². The fourth-order valence-corrected chi connectivity index (χ4v) is 11.4. The predicted molar refractivity (Wildman–Crippen MR) is 247 cm³/mol. The van der Waals surface area contributed by atoms with Crippen LogP contribution < -0.4 is 0 Å². The van der Waals surface area contributed by atoms with Crippen molar-refractivity contribution in [1.29, 1.82) is 0 Å². The number of alkyl halides is 2. The molecule has 0 bridgehead atoms. The van der Waals surface area contributed by atoms with E-state index in [1.54, 1.807) is 9.80 Å². The maximum absolute atomic E-state index is 15.1. The van der Waals surface area contributed by atoms with Gasteiger partial charge < -0.3 is 19.3 Å². The first-order chi connectivity index (χ1) is 31.2. The summed E-state index contributed by atoms with van der Waals surface area (Å²) in [7, 11) is 2.63. The molecular formula is C53H60F2N4O6. The number of carbonyl (C=O) groups excluding carboxylic acids is 4. The largest absolute Gasteiger partial charge is 0.469 e. The molecule has 2 saturated heterocycles. The Morgan fingerprint density at radius 2 is 1.28 bits per heavy atom. The summed E-state index contributed by atoms with van der Waals surface area (Å²) in [5, 5.41) is 0. The van der Waals surface area contributed by atoms with Crippen molar-refractivity contribution in [1.82, 2.24) is 9.80 Å². The number of esters is 2. The van der Waals surface area contributed by atoms with Gasteiger partial charge in [-0.2, -0.15) is 0 Å². The number of halogens is 2. The standard InChI is InChI=1S/C53H60F2N4O6/c1-28(2)41(23-49(60)64-5)52(62)58-26-36(54)21-47(58)45-20-35(25-56-45)30-7-9-31(10-8-30)39-15-14-38(43-18-33-11-13-40(33)51(39)43)32-12-16-44-34(17-32)19-46(57-44)48-22-37(55)27-59(48)53(63)42(29(3)4)24-50(61)65-6/h7-10,12,14-17,25,28-29,33,36-37,40-42,47-48H,11,13,18-24,26-27H2,1-6H3/t33?,36-,37+,40?,41-,42-,47-,48-/m0/s1. The lowest BCUT2D eigenvalue weighted by Crippen LogP contribution is -2.45. The van der Waals surface area contributed by atoms with Crippen LogP contribution in [-0.2, 0) is 41.5 Å². The number of amides is 2. The van der Waals surface area contributed by atoms with Crippen molar-refractivity contribution < 1.29 is 37.4 Å². The summed E-state index contributed by atoms with van der Waals surface area (Å²) in [6.45, 7) is 7.60. The molecule has 2 aliphatic carbocycles. The van der Waals surface area contributed by atoms with Gasteiger partial charge in [-0.3, -0.25) is 29.2 Å². The highest BCUT2D eigenvalue weighted by atomic mass is 19.1. The molecule has 3 fully saturated rings. The maximum atomic E-state index is 15.1. The van der Waals surface area contributed by atoms with Gasteiger partial charge in [0.2, 0.25) is 11.8 Å². The third-order valence-electron chi connectivity index (χ3n) is 15.3. The molecule has 4 heterocycles. The Morgan fingerprint density at radius 3 is 1.85 bits per heavy atom. The van der Waals surface area contributed by atoms with Crippen LogP contribution in [0.4, 0.5) is 14.5 Å². The van der Waals surface area contributed by atoms with Crippen molar-refractivity contribution in [2.45, 2.75) is 116 Å². The van der Waals surface area contributed by atoms with Crippen molar-refractivity contribution in [3.63, 3.8) is 0 Å². The fraction of sp³-hybridized carbons (Fsp3) is 0.509. The first kappa shape index (κ1) is 44.7. The molecule has 2 unspecified atom stereocenters. The molecule has 0 radical (unpaired) electrons. The van der Waals surface area contributed by atoms with E-state index in [0.717, 1.165) is 51.4 Å². The molecule has 3 aromatic rings. The zero-order chi connectivity index (χ0) is 45.8. The molecule has 3 aromatic carbocycles. The van der Waals surface area contributed by atoms with Crippen molar-refractivity contribution >= 4 is 46.4 Å². The summed E-state index contributed by atoms with van der Waals surface area (Å²) in [6, 6.07) is 18.7. The van der Waals surface area contributed by atoms with Gasteiger partial charge in [0.05, 0.1) is 69.8 Å². The van der Waals surface area contributed by atoms with Crippen LogP contribution in [0.5, 0.6) is 0 Å². The number of rotatable bonds is 13. The van der Waals surface area contributed by atoms with E-state index >= 15 is 4.39 Å². The normalized spacial score (nSPS) is 25.1. The van der Waals surface area contributed by atoms with E-state index in [1.165, 1.54) is 49.3 Å². The molecule has 0 aromatic heterocycles. The molecule has 10 nitrogen and oxygen atoms in total. The maximum Gasteiger partial charge on any atom is 0.306 e. The molecule has 0 N–H and O–H groups in total. The van der Waals surface area contributed by atoms with Gasteiger partial charge in [0.15, 0.2) is 0 Å². The van der Waals surface area contributed by atoms with Crippen molar-refractivity contribution in [2.75, 3.05) is 27.3 Å². The molecule has 65 heavy (non-hydrogen) atoms. The second-order valence-corrected chi connectivity index (χ2v) is 19.8. The van der Waals surface area contributed by atoms with Crippen LogP contribution in [0.1, 0.15) is 101 Å². The third kappa shape index (κ3) is 8.46. The highest BCUT2D eigenvalue weighted by Gasteiger charge is 2.45. The van der Waals surface area contributed by atoms with Crippen LogP contribution in [0.2, 0.25) is 0 Å². The SMILES string of the molecule is COC(=O)C[C@H](C(=O)N1C[C@@H](F)C[C@H]1C1=NC=C(c2ccc(-c3ccc(-c4ccc5c(c4)CC([C@@H]4C[C@@H](F)CN4C(=O)[C@@H](CC(=O)OC)C(C)C)=N5)c4c3C3CCC3C4)cc2)C1)C(C)C. The van der Waals surface area contributed by atoms with E-state index in [9.17, 15) is 23.6 Å². The van der Waals surface area contributed by atoms with Crippen LogP contribution >= 0.6 is 0 Å². The Bertz CT molecular complexity index is 2490. The number of aliphatic imine (C=N–C) groups is 2. The number of ether oxygens (including phenoxy) is 2. The second-order valence-electron chi connectivity index (χ2n) is 19.8. The quantitative estimate of drug-likeness (QED) is 0.158. The average molecular weight is 887 g/mol. The Labute approximate surface area is 380 Å². The molecule has 0 spiro atoms. The van der Waals surface area contributed by atoms with Gasteiger partial charge in [0.25, 0.3) is 0 Å². The summed E-state index contributed by atoms with van der Waals surface area (Å²) < 4.78 is 39.8. The Kier molecular flexibility index (Phi) is 12.4. The van der Waals surface area contributed by atoms with Crippen LogP contribution in [0.3, 0.4) is 0 Å². The van der Waals surface area contributed by atoms with Crippen LogP contribution in [-0.4, -0.2) is 96.7 Å². The first-order valence-electron chi connectivity index (χ1n) is 23.5. The lowest BCUT2D eigenvalue weighted by Gasteiger charge is -2.31. The van der Waals surface area contributed by atoms with Gasteiger partial charge in [-0.25, -0.2) is 8.78 Å². The minimum Gasteiger partial charge on any atom is -0.469 e. The lowest BCUT2D eigenvalue weighted by molar-refractivity contribution is -0.148. The van der Waals surface area contributed by atoms with E-state index in [2.05, 4.69) is 54.6 Å². The smallest absolute Gasteiger partial charge is 0.306 e. The number of methoxy groups -OCH3 is 2. The molecular weight excluding hydrogens is 827 g/mol. The molecule has 2 amide bonds. The zero-order valence-corrected chi connectivity index (χ0v) is 38.3. The minimum atomic E-state index is -1.16. The molecule has 4 aliphatic heterocycles. The summed E-state index contributed by atoms with van der Waals surface area (Å²) >= 11 is 0. The number of carbonyl (C=O) groups is 4. The molecule has 9 rings (SSSR count). The third-order valence-corrected chi connectivity index (χ3v) is 15.3. The Morgan fingerprint density at radius 1 is 0.708 bits per heavy atom. The molecule has 8 atom stereocenters. The van der Waals surface area contributed by atoms with Crippen molar-refractivity contribution in [3.8, 4) is 22.3 Å². The van der Waals surface area contributed by atoms with Gasteiger partial charge in [-0.05, 0) is 105 Å². The zero-order valence-electron chi connectivity index (χ0n) is 38.3. The van der Waals surface area contributed by atoms with E-state index in [0.29, 0.717) is 24.7 Å². The monoisotopic (exact) mass is 886 g/mol. The van der Waals surface area contributed by atoms with Crippen molar-refractivity contribution in [2.24, 2.45) is 39.6 Å². The highest BCUT2D eigenvalue weighted by molar-refractivity contribution is 6.04. The summed E-state index contributed by atoms with van der Waals surface area (Å²) in [5.41, 5.74) is 13.2. The van der Waals surface area contributed by atoms with Gasteiger partial charge >= 0.3 is 11.9 Å². The average Bonchev–Trinajstić information content (AvgIpc) is 4.13. The second kappa shape index (κ2) is 18.0. The van der Waals surface area contributed by atoms with Crippen LogP contribution in [0, 0.1) is 29.6 Å². The van der Waals surface area contributed by atoms with Gasteiger partial charge in [-0.15, -0.1) is 0 Å². The molecule has 1 saturated carbocycles. The number of hydrogen-bond donors (Lipinski definition) is 0. The van der Waals surface area contributed by atoms with E-state index in [1.807, 2.05) is 33.9 Å².